The van der Waals surface area contributed by atoms with E-state index in [4.69, 9.17) is 9.47 Å². The van der Waals surface area contributed by atoms with Gasteiger partial charge >= 0.3 is 0 Å². The van der Waals surface area contributed by atoms with Crippen LogP contribution < -0.4 is 0 Å². The van der Waals surface area contributed by atoms with E-state index in [1.807, 2.05) is 32.2 Å². The number of hydrogen-bond acceptors (Lipinski definition) is 4. The molecule has 0 amide bonds. The highest BCUT2D eigenvalue weighted by Gasteiger charge is 2.09. The molecule has 4 heteroatoms. The van der Waals surface area contributed by atoms with Gasteiger partial charge in [0, 0.05) is 51.0 Å². The van der Waals surface area contributed by atoms with Gasteiger partial charge < -0.3 is 14.4 Å². The maximum absolute atomic E-state index is 5.53. The molecule has 0 atom stereocenters. The minimum absolute atomic E-state index is 0.0766. The van der Waals surface area contributed by atoms with Gasteiger partial charge in [0.2, 0.25) is 0 Å². The number of pyridine rings is 1. The van der Waals surface area contributed by atoms with Crippen molar-refractivity contribution < 1.29 is 9.47 Å². The zero-order chi connectivity index (χ0) is 13.9. The van der Waals surface area contributed by atoms with Crippen LogP contribution in [-0.2, 0) is 15.9 Å². The first kappa shape index (κ1) is 16.1. The second-order valence-corrected chi connectivity index (χ2v) is 4.50. The van der Waals surface area contributed by atoms with Crippen LogP contribution in [0.5, 0.6) is 0 Å². The number of nitrogens with zero attached hydrogens (tertiary/aromatic N) is 2. The summed E-state index contributed by atoms with van der Waals surface area (Å²) in [5, 5.41) is 0. The Morgan fingerprint density at radius 3 is 2.47 bits per heavy atom. The monoisotopic (exact) mass is 266 g/mol. The molecule has 0 aliphatic carbocycles. The Hall–Kier alpha value is -0.970. The Morgan fingerprint density at radius 1 is 1.16 bits per heavy atom. The van der Waals surface area contributed by atoms with Gasteiger partial charge in [-0.05, 0) is 33.0 Å². The lowest BCUT2D eigenvalue weighted by Gasteiger charge is -2.21. The molecule has 108 valence electrons. The average molecular weight is 266 g/mol. The van der Waals surface area contributed by atoms with Gasteiger partial charge in [0.25, 0.3) is 0 Å². The van der Waals surface area contributed by atoms with Crippen LogP contribution >= 0.6 is 0 Å². The average Bonchev–Trinajstić information content (AvgIpc) is 2.44. The Morgan fingerprint density at radius 2 is 1.89 bits per heavy atom. The first-order valence-corrected chi connectivity index (χ1v) is 7.07. The minimum Gasteiger partial charge on any atom is -0.353 e. The van der Waals surface area contributed by atoms with E-state index in [0.717, 1.165) is 31.6 Å². The zero-order valence-electron chi connectivity index (χ0n) is 12.3. The quantitative estimate of drug-likeness (QED) is 0.609. The molecule has 0 radical (unpaired) electrons. The van der Waals surface area contributed by atoms with E-state index >= 15 is 0 Å². The number of aromatic nitrogens is 1. The minimum atomic E-state index is -0.0766. The second kappa shape index (κ2) is 9.89. The molecule has 1 aromatic rings. The van der Waals surface area contributed by atoms with E-state index in [1.54, 1.807) is 0 Å². The van der Waals surface area contributed by atoms with E-state index in [1.165, 1.54) is 0 Å². The summed E-state index contributed by atoms with van der Waals surface area (Å²) < 4.78 is 11.1. The fourth-order valence-electron chi connectivity index (χ4n) is 1.88. The standard InChI is InChI=1S/C15H26N2O2/c1-4-18-15(19-5-2)10-13-17(3)12-9-14-8-6-7-11-16-14/h6-8,11,15H,4-5,9-10,12-13H2,1-3H3. The first-order valence-electron chi connectivity index (χ1n) is 7.07. The third-order valence-electron chi connectivity index (χ3n) is 2.93. The molecule has 0 bridgehead atoms. The molecule has 0 N–H and O–H groups in total. The summed E-state index contributed by atoms with van der Waals surface area (Å²) in [5.41, 5.74) is 1.14. The highest BCUT2D eigenvalue weighted by atomic mass is 16.7. The summed E-state index contributed by atoms with van der Waals surface area (Å²) in [5.74, 6) is 0. The lowest BCUT2D eigenvalue weighted by molar-refractivity contribution is -0.141. The van der Waals surface area contributed by atoms with Crippen molar-refractivity contribution in [2.24, 2.45) is 0 Å². The van der Waals surface area contributed by atoms with E-state index < -0.39 is 0 Å². The van der Waals surface area contributed by atoms with Crippen molar-refractivity contribution in [3.63, 3.8) is 0 Å². The van der Waals surface area contributed by atoms with Gasteiger partial charge in [-0.1, -0.05) is 6.07 Å². The van der Waals surface area contributed by atoms with Gasteiger partial charge in [0.1, 0.15) is 0 Å². The lowest BCUT2D eigenvalue weighted by Crippen LogP contribution is -2.28. The molecule has 1 aromatic heterocycles. The fourth-order valence-corrected chi connectivity index (χ4v) is 1.88. The normalized spacial score (nSPS) is 11.4. The summed E-state index contributed by atoms with van der Waals surface area (Å²) >= 11 is 0. The van der Waals surface area contributed by atoms with Crippen LogP contribution in [0.15, 0.2) is 24.4 Å². The van der Waals surface area contributed by atoms with Gasteiger partial charge in [0.15, 0.2) is 6.29 Å². The summed E-state index contributed by atoms with van der Waals surface area (Å²) in [7, 11) is 2.12. The third kappa shape index (κ3) is 7.25. The SMILES string of the molecule is CCOC(CCN(C)CCc1ccccn1)OCC. The van der Waals surface area contributed by atoms with Gasteiger partial charge in [-0.2, -0.15) is 0 Å². The Balaban J connectivity index is 2.21. The Labute approximate surface area is 116 Å². The molecule has 0 unspecified atom stereocenters. The molecule has 0 spiro atoms. The highest BCUT2D eigenvalue weighted by molar-refractivity contribution is 5.03. The molecule has 1 rings (SSSR count). The molecule has 0 fully saturated rings. The number of likely N-dealkylation sites (N-methyl/N-ethyl adjacent to an activating group) is 1. The maximum atomic E-state index is 5.53. The second-order valence-electron chi connectivity index (χ2n) is 4.50. The number of ether oxygens (including phenoxy) is 2. The topological polar surface area (TPSA) is 34.6 Å². The molecular formula is C15H26N2O2. The van der Waals surface area contributed by atoms with Crippen molar-refractivity contribution in [3.8, 4) is 0 Å². The number of hydrogen-bond donors (Lipinski definition) is 0. The van der Waals surface area contributed by atoms with E-state index in [9.17, 15) is 0 Å². The van der Waals surface area contributed by atoms with Gasteiger partial charge in [-0.15, -0.1) is 0 Å². The molecular weight excluding hydrogens is 240 g/mol. The molecule has 1 heterocycles. The molecule has 0 aliphatic heterocycles. The van der Waals surface area contributed by atoms with Crippen molar-refractivity contribution in [2.45, 2.75) is 33.0 Å². The fraction of sp³-hybridized carbons (Fsp3) is 0.667. The molecule has 0 saturated heterocycles. The summed E-state index contributed by atoms with van der Waals surface area (Å²) in [4.78, 5) is 6.62. The van der Waals surface area contributed by atoms with Crippen LogP contribution in [0, 0.1) is 0 Å². The van der Waals surface area contributed by atoms with Crippen molar-refractivity contribution in [1.82, 2.24) is 9.88 Å². The predicted molar refractivity (Wildman–Crippen MR) is 77.1 cm³/mol. The predicted octanol–water partition coefficient (Wildman–Crippen LogP) is 2.35. The molecule has 0 aliphatic rings. The van der Waals surface area contributed by atoms with Crippen LogP contribution in [-0.4, -0.2) is 49.5 Å². The van der Waals surface area contributed by atoms with Crippen LogP contribution in [0.2, 0.25) is 0 Å². The largest absolute Gasteiger partial charge is 0.353 e. The Kier molecular flexibility index (Phi) is 8.38. The van der Waals surface area contributed by atoms with Crippen LogP contribution in [0.4, 0.5) is 0 Å². The number of rotatable bonds is 10. The summed E-state index contributed by atoms with van der Waals surface area (Å²) in [6.07, 6.45) is 3.65. The molecule has 0 saturated carbocycles. The van der Waals surface area contributed by atoms with Crippen LogP contribution in [0.3, 0.4) is 0 Å². The van der Waals surface area contributed by atoms with Crippen LogP contribution in [0.25, 0.3) is 0 Å². The van der Waals surface area contributed by atoms with E-state index in [2.05, 4.69) is 23.0 Å². The van der Waals surface area contributed by atoms with Crippen molar-refractivity contribution in [1.29, 1.82) is 0 Å². The molecule has 4 nitrogen and oxygen atoms in total. The molecule has 19 heavy (non-hydrogen) atoms. The van der Waals surface area contributed by atoms with E-state index in [-0.39, 0.29) is 6.29 Å². The zero-order valence-corrected chi connectivity index (χ0v) is 12.3. The molecule has 0 aromatic carbocycles. The Bertz CT molecular complexity index is 313. The van der Waals surface area contributed by atoms with E-state index in [0.29, 0.717) is 13.2 Å². The summed E-state index contributed by atoms with van der Waals surface area (Å²) in [6, 6.07) is 6.04. The van der Waals surface area contributed by atoms with Gasteiger partial charge in [0.05, 0.1) is 0 Å². The highest BCUT2D eigenvalue weighted by Crippen LogP contribution is 2.03. The first-order chi connectivity index (χ1) is 9.26. The van der Waals surface area contributed by atoms with Crippen LogP contribution in [0.1, 0.15) is 26.0 Å². The third-order valence-corrected chi connectivity index (χ3v) is 2.93. The smallest absolute Gasteiger partial charge is 0.158 e. The van der Waals surface area contributed by atoms with Crippen molar-refractivity contribution in [3.05, 3.63) is 30.1 Å². The summed E-state index contributed by atoms with van der Waals surface area (Å²) in [6.45, 7) is 7.36. The van der Waals surface area contributed by atoms with Crippen molar-refractivity contribution in [2.75, 3.05) is 33.4 Å². The van der Waals surface area contributed by atoms with Gasteiger partial charge in [-0.3, -0.25) is 4.98 Å². The maximum Gasteiger partial charge on any atom is 0.158 e. The lowest BCUT2D eigenvalue weighted by atomic mass is 10.2. The van der Waals surface area contributed by atoms with Crippen molar-refractivity contribution >= 4 is 0 Å². The van der Waals surface area contributed by atoms with Gasteiger partial charge in [-0.25, -0.2) is 0 Å².